The molecule has 2 rings (SSSR count). The predicted molar refractivity (Wildman–Crippen MR) is 55.6 cm³/mol. The zero-order chi connectivity index (χ0) is 13.2. The van der Waals surface area contributed by atoms with Crippen molar-refractivity contribution in [2.75, 3.05) is 6.61 Å². The van der Waals surface area contributed by atoms with E-state index < -0.39 is 24.2 Å². The zero-order valence-corrected chi connectivity index (χ0v) is 9.37. The van der Waals surface area contributed by atoms with Gasteiger partial charge in [0, 0.05) is 0 Å². The summed E-state index contributed by atoms with van der Waals surface area (Å²) in [5, 5.41) is 0. The highest BCUT2D eigenvalue weighted by molar-refractivity contribution is 5.82. The van der Waals surface area contributed by atoms with Gasteiger partial charge in [-0.1, -0.05) is 30.3 Å². The summed E-state index contributed by atoms with van der Waals surface area (Å²) in [7, 11) is 0. The summed E-state index contributed by atoms with van der Waals surface area (Å²) in [5.41, 5.74) is -1.10. The first-order valence-corrected chi connectivity index (χ1v) is 5.33. The molecule has 0 spiro atoms. The number of esters is 1. The van der Waals surface area contributed by atoms with Crippen molar-refractivity contribution in [2.45, 2.75) is 24.8 Å². The van der Waals surface area contributed by atoms with E-state index in [1.807, 2.05) is 0 Å². The van der Waals surface area contributed by atoms with Gasteiger partial charge in [-0.25, -0.2) is 4.79 Å². The molecular formula is C12H11F3O3. The fourth-order valence-corrected chi connectivity index (χ4v) is 1.56. The summed E-state index contributed by atoms with van der Waals surface area (Å²) >= 11 is 0. The maximum atomic E-state index is 12.2. The van der Waals surface area contributed by atoms with E-state index in [2.05, 4.69) is 4.74 Å². The van der Waals surface area contributed by atoms with Crippen LogP contribution in [0.2, 0.25) is 0 Å². The highest BCUT2D eigenvalue weighted by atomic mass is 19.4. The summed E-state index contributed by atoms with van der Waals surface area (Å²) < 4.78 is 46.1. The molecule has 98 valence electrons. The van der Waals surface area contributed by atoms with Gasteiger partial charge in [-0.05, 0) is 5.56 Å². The average Bonchev–Trinajstić information content (AvgIpc) is 3.06. The van der Waals surface area contributed by atoms with E-state index >= 15 is 0 Å². The highest BCUT2D eigenvalue weighted by Crippen LogP contribution is 2.39. The van der Waals surface area contributed by atoms with Crippen molar-refractivity contribution in [1.82, 2.24) is 0 Å². The second-order valence-corrected chi connectivity index (χ2v) is 4.14. The molecule has 1 unspecified atom stereocenters. The SMILES string of the molecule is O=C(OCc1ccccc1)C1(CC(F)(F)F)CO1. The molecule has 0 radical (unpaired) electrons. The summed E-state index contributed by atoms with van der Waals surface area (Å²) in [6, 6.07) is 8.74. The van der Waals surface area contributed by atoms with Gasteiger partial charge in [0.05, 0.1) is 13.0 Å². The summed E-state index contributed by atoms with van der Waals surface area (Å²) in [4.78, 5) is 11.5. The number of hydrogen-bond acceptors (Lipinski definition) is 3. The van der Waals surface area contributed by atoms with Crippen LogP contribution in [0.4, 0.5) is 13.2 Å². The molecule has 0 amide bonds. The molecule has 1 atom stereocenters. The number of rotatable bonds is 4. The topological polar surface area (TPSA) is 38.8 Å². The molecule has 1 fully saturated rings. The molecule has 0 bridgehead atoms. The van der Waals surface area contributed by atoms with Gasteiger partial charge in [0.25, 0.3) is 0 Å². The van der Waals surface area contributed by atoms with E-state index in [1.54, 1.807) is 30.3 Å². The standard InChI is InChI=1S/C12H11F3O3/c13-12(14,15)7-11(8-18-11)10(16)17-6-9-4-2-1-3-5-9/h1-5H,6-8H2. The number of alkyl halides is 3. The van der Waals surface area contributed by atoms with Crippen molar-refractivity contribution in [3.63, 3.8) is 0 Å². The lowest BCUT2D eigenvalue weighted by atomic mass is 10.1. The van der Waals surface area contributed by atoms with Gasteiger partial charge in [-0.3, -0.25) is 0 Å². The molecular weight excluding hydrogens is 249 g/mol. The molecule has 1 saturated heterocycles. The smallest absolute Gasteiger partial charge is 0.392 e. The number of carbonyl (C=O) groups excluding carboxylic acids is 1. The Morgan fingerprint density at radius 3 is 2.44 bits per heavy atom. The number of epoxide rings is 1. The van der Waals surface area contributed by atoms with Crippen LogP contribution in [0.25, 0.3) is 0 Å². The number of halogens is 3. The minimum absolute atomic E-state index is 0.0529. The first kappa shape index (κ1) is 12.9. The molecule has 1 aliphatic rings. The summed E-state index contributed by atoms with van der Waals surface area (Å²) in [6.07, 6.45) is -5.74. The van der Waals surface area contributed by atoms with Crippen LogP contribution < -0.4 is 0 Å². The van der Waals surface area contributed by atoms with Crippen molar-refractivity contribution in [2.24, 2.45) is 0 Å². The van der Waals surface area contributed by atoms with Gasteiger partial charge >= 0.3 is 12.1 Å². The Kier molecular flexibility index (Phi) is 3.30. The minimum Gasteiger partial charge on any atom is -0.459 e. The van der Waals surface area contributed by atoms with Gasteiger partial charge in [0.15, 0.2) is 5.60 Å². The van der Waals surface area contributed by atoms with Crippen molar-refractivity contribution in [3.05, 3.63) is 35.9 Å². The number of hydrogen-bond donors (Lipinski definition) is 0. The van der Waals surface area contributed by atoms with E-state index in [0.717, 1.165) is 0 Å². The molecule has 0 saturated carbocycles. The molecule has 0 aliphatic carbocycles. The van der Waals surface area contributed by atoms with Gasteiger partial charge in [0.2, 0.25) is 0 Å². The van der Waals surface area contributed by atoms with Crippen LogP contribution in [-0.4, -0.2) is 24.4 Å². The normalized spacial score (nSPS) is 22.6. The molecule has 0 aromatic heterocycles. The lowest BCUT2D eigenvalue weighted by Gasteiger charge is -2.13. The minimum atomic E-state index is -4.44. The summed E-state index contributed by atoms with van der Waals surface area (Å²) in [6.45, 7) is -0.289. The maximum absolute atomic E-state index is 12.2. The monoisotopic (exact) mass is 260 g/mol. The van der Waals surface area contributed by atoms with E-state index in [9.17, 15) is 18.0 Å². The first-order chi connectivity index (χ1) is 8.41. The van der Waals surface area contributed by atoms with E-state index in [4.69, 9.17) is 4.74 Å². The second-order valence-electron chi connectivity index (χ2n) is 4.14. The largest absolute Gasteiger partial charge is 0.459 e. The zero-order valence-electron chi connectivity index (χ0n) is 9.37. The average molecular weight is 260 g/mol. The fraction of sp³-hybridized carbons (Fsp3) is 0.417. The molecule has 6 heteroatoms. The Morgan fingerprint density at radius 2 is 1.94 bits per heavy atom. The van der Waals surface area contributed by atoms with Crippen molar-refractivity contribution in [1.29, 1.82) is 0 Å². The number of carbonyl (C=O) groups is 1. The maximum Gasteiger partial charge on any atom is 0.392 e. The Balaban J connectivity index is 1.89. The third-order valence-electron chi connectivity index (χ3n) is 2.56. The van der Waals surface area contributed by atoms with Crippen LogP contribution in [-0.2, 0) is 20.9 Å². The Hall–Kier alpha value is -1.56. The molecule has 1 aromatic carbocycles. The van der Waals surface area contributed by atoms with Gasteiger partial charge in [0.1, 0.15) is 6.61 Å². The van der Waals surface area contributed by atoms with Crippen LogP contribution in [0, 0.1) is 0 Å². The Bertz CT molecular complexity index is 424. The van der Waals surface area contributed by atoms with Gasteiger partial charge in [-0.2, -0.15) is 13.2 Å². The van der Waals surface area contributed by atoms with Gasteiger partial charge in [-0.15, -0.1) is 0 Å². The molecule has 1 aromatic rings. The summed E-state index contributed by atoms with van der Waals surface area (Å²) in [5.74, 6) is -0.955. The fourth-order valence-electron chi connectivity index (χ4n) is 1.56. The molecule has 18 heavy (non-hydrogen) atoms. The van der Waals surface area contributed by atoms with Crippen LogP contribution >= 0.6 is 0 Å². The third kappa shape index (κ3) is 3.22. The molecule has 0 N–H and O–H groups in total. The lowest BCUT2D eigenvalue weighted by molar-refractivity contribution is -0.171. The van der Waals surface area contributed by atoms with Gasteiger partial charge < -0.3 is 9.47 Å². The second kappa shape index (κ2) is 4.61. The quantitative estimate of drug-likeness (QED) is 0.616. The van der Waals surface area contributed by atoms with Crippen molar-refractivity contribution < 1.29 is 27.4 Å². The van der Waals surface area contributed by atoms with E-state index in [1.165, 1.54) is 0 Å². The van der Waals surface area contributed by atoms with Crippen LogP contribution in [0.5, 0.6) is 0 Å². The van der Waals surface area contributed by atoms with E-state index in [-0.39, 0.29) is 13.2 Å². The molecule has 1 heterocycles. The first-order valence-electron chi connectivity index (χ1n) is 5.33. The lowest BCUT2D eigenvalue weighted by Crippen LogP contribution is -2.32. The Morgan fingerprint density at radius 1 is 1.33 bits per heavy atom. The van der Waals surface area contributed by atoms with Crippen LogP contribution in [0.1, 0.15) is 12.0 Å². The molecule has 3 nitrogen and oxygen atoms in total. The van der Waals surface area contributed by atoms with Crippen LogP contribution in [0.3, 0.4) is 0 Å². The molecule has 1 aliphatic heterocycles. The Labute approximate surface area is 102 Å². The number of benzene rings is 1. The number of ether oxygens (including phenoxy) is 2. The van der Waals surface area contributed by atoms with E-state index in [0.29, 0.717) is 5.56 Å². The van der Waals surface area contributed by atoms with Crippen molar-refractivity contribution in [3.8, 4) is 0 Å². The van der Waals surface area contributed by atoms with Crippen molar-refractivity contribution >= 4 is 5.97 Å². The third-order valence-corrected chi connectivity index (χ3v) is 2.56. The predicted octanol–water partition coefficient (Wildman–Crippen LogP) is 2.45. The highest BCUT2D eigenvalue weighted by Gasteiger charge is 2.59. The van der Waals surface area contributed by atoms with Crippen LogP contribution in [0.15, 0.2) is 30.3 Å².